The lowest BCUT2D eigenvalue weighted by Gasteiger charge is -2.35. The van der Waals surface area contributed by atoms with Gasteiger partial charge in [-0.15, -0.1) is 0 Å². The van der Waals surface area contributed by atoms with Crippen LogP contribution < -0.4 is 10.7 Å². The average Bonchev–Trinajstić information content (AvgIpc) is 3.35. The molecule has 0 bridgehead atoms. The minimum Gasteiger partial charge on any atom is -0.503 e. The molecule has 41 heavy (non-hydrogen) atoms. The number of benzene rings is 2. The van der Waals surface area contributed by atoms with Gasteiger partial charge in [0.2, 0.25) is 5.43 Å². The van der Waals surface area contributed by atoms with E-state index in [4.69, 9.17) is 4.74 Å². The number of pyridine rings is 1. The zero-order chi connectivity index (χ0) is 29.3. The summed E-state index contributed by atoms with van der Waals surface area (Å²) in [4.78, 5) is 41.4. The van der Waals surface area contributed by atoms with E-state index in [1.807, 2.05) is 60.7 Å². The van der Waals surface area contributed by atoms with Gasteiger partial charge in [-0.3, -0.25) is 19.3 Å². The molecular weight excluding hydrogens is 532 g/mol. The maximum Gasteiger partial charge on any atom is 0.277 e. The quantitative estimate of drug-likeness (QED) is 0.403. The first-order chi connectivity index (χ1) is 19.7. The van der Waals surface area contributed by atoms with Gasteiger partial charge in [-0.25, -0.2) is 8.78 Å². The molecule has 2 aliphatic rings. The van der Waals surface area contributed by atoms with Gasteiger partial charge in [0.15, 0.2) is 17.7 Å². The summed E-state index contributed by atoms with van der Waals surface area (Å²) >= 11 is 0. The number of carbonyl (C=O) groups excluding carboxylic acids is 2. The van der Waals surface area contributed by atoms with Crippen LogP contribution in [-0.4, -0.2) is 39.2 Å². The number of hydrogen-bond acceptors (Lipinski definition) is 5. The van der Waals surface area contributed by atoms with Crippen molar-refractivity contribution in [2.45, 2.75) is 31.8 Å². The fraction of sp³-hybridized carbons (Fsp3) is 0.194. The molecule has 2 aliphatic heterocycles. The van der Waals surface area contributed by atoms with E-state index < -0.39 is 65.1 Å². The lowest BCUT2D eigenvalue weighted by Crippen LogP contribution is -2.47. The van der Waals surface area contributed by atoms with Crippen LogP contribution in [0.1, 0.15) is 51.0 Å². The third-order valence-corrected chi connectivity index (χ3v) is 7.06. The van der Waals surface area contributed by atoms with Gasteiger partial charge in [-0.1, -0.05) is 73.3 Å². The van der Waals surface area contributed by atoms with E-state index in [2.05, 4.69) is 11.9 Å². The van der Waals surface area contributed by atoms with Crippen LogP contribution in [0.4, 0.5) is 8.78 Å². The third kappa shape index (κ3) is 5.33. The fourth-order valence-corrected chi connectivity index (χ4v) is 5.11. The number of carbonyl (C=O) groups is 2. The monoisotopic (exact) mass is 559 g/mol. The van der Waals surface area contributed by atoms with Gasteiger partial charge in [0, 0.05) is 18.3 Å². The number of amides is 2. The number of allylic oxidation sites excluding steroid dienone is 3. The smallest absolute Gasteiger partial charge is 0.277 e. The van der Waals surface area contributed by atoms with Crippen LogP contribution in [0, 0.1) is 0 Å². The van der Waals surface area contributed by atoms with Crippen molar-refractivity contribution in [2.75, 3.05) is 6.54 Å². The van der Waals surface area contributed by atoms with Crippen molar-refractivity contribution >= 4 is 11.8 Å². The molecule has 1 aromatic heterocycles. The van der Waals surface area contributed by atoms with Crippen LogP contribution in [0.5, 0.6) is 5.75 Å². The molecule has 0 radical (unpaired) electrons. The Balaban J connectivity index is 1.49. The first kappa shape index (κ1) is 27.7. The predicted molar refractivity (Wildman–Crippen MR) is 147 cm³/mol. The highest BCUT2D eigenvalue weighted by atomic mass is 19.1. The third-order valence-electron chi connectivity index (χ3n) is 7.06. The van der Waals surface area contributed by atoms with E-state index in [-0.39, 0.29) is 17.8 Å². The topological polar surface area (TPSA) is 101 Å². The Labute approximate surface area is 234 Å². The molecule has 3 atom stereocenters. The number of fused-ring (bicyclic) bond motifs is 2. The second kappa shape index (κ2) is 11.3. The molecule has 8 nitrogen and oxygen atoms in total. The highest BCUT2D eigenvalue weighted by Gasteiger charge is 2.50. The summed E-state index contributed by atoms with van der Waals surface area (Å²) in [5.74, 6) is -3.89. The molecule has 3 heterocycles. The predicted octanol–water partition coefficient (Wildman–Crippen LogP) is 4.86. The number of halogens is 2. The zero-order valence-corrected chi connectivity index (χ0v) is 22.1. The van der Waals surface area contributed by atoms with Crippen molar-refractivity contribution < 1.29 is 28.2 Å². The van der Waals surface area contributed by atoms with Gasteiger partial charge >= 0.3 is 0 Å². The summed E-state index contributed by atoms with van der Waals surface area (Å²) in [6, 6.07) is 18.2. The number of ether oxygens (including phenoxy) is 1. The highest BCUT2D eigenvalue weighted by Crippen LogP contribution is 2.47. The fourth-order valence-electron chi connectivity index (χ4n) is 5.11. The van der Waals surface area contributed by atoms with Gasteiger partial charge in [0.05, 0.1) is 18.4 Å². The molecule has 1 fully saturated rings. The molecule has 210 valence electrons. The van der Waals surface area contributed by atoms with Crippen molar-refractivity contribution in [3.05, 3.63) is 135 Å². The molecule has 0 saturated carbocycles. The summed E-state index contributed by atoms with van der Waals surface area (Å²) in [5, 5.41) is 13.3. The number of nitrogens with zero attached hydrogens (tertiary/aromatic N) is 2. The SMILES string of the molecule is C=C(F)/C(=C\C=C(/C)F)CNC(=O)c1cn2c(c(O)c1=O)C(=O)N1[C@H](C2)O[C@@H](c2ccccc2)[C@H]1c1ccccc1. The van der Waals surface area contributed by atoms with Crippen LogP contribution in [-0.2, 0) is 11.3 Å². The van der Waals surface area contributed by atoms with Gasteiger partial charge in [-0.2, -0.15) is 0 Å². The first-order valence-electron chi connectivity index (χ1n) is 12.9. The molecule has 3 aromatic rings. The molecular formula is C31H27F2N3O5. The molecule has 1 saturated heterocycles. The van der Waals surface area contributed by atoms with Crippen molar-refractivity contribution in [3.8, 4) is 5.75 Å². The Morgan fingerprint density at radius 2 is 1.71 bits per heavy atom. The second-order valence-corrected chi connectivity index (χ2v) is 9.74. The first-order valence-corrected chi connectivity index (χ1v) is 12.9. The van der Waals surface area contributed by atoms with Crippen molar-refractivity contribution in [2.24, 2.45) is 0 Å². The number of nitrogens with one attached hydrogen (secondary N) is 1. The van der Waals surface area contributed by atoms with Crippen LogP contribution in [0.25, 0.3) is 0 Å². The summed E-state index contributed by atoms with van der Waals surface area (Å²) in [6.07, 6.45) is 2.02. The van der Waals surface area contributed by atoms with E-state index >= 15 is 0 Å². The standard InChI is InChI=1S/C31H27F2N3O5/c1-18(32)13-14-22(19(2)33)15-34-30(39)23-16-35-17-24-36(31(40)26(35)28(38)27(23)37)25(20-9-5-3-6-10-20)29(41-24)21-11-7-4-8-12-21/h3-14,16,24-25,29,38H,2,15,17H2,1H3,(H,34,39)/b18-13+,22-14-/t24-,25+,29-/m0/s1. The maximum absolute atomic E-state index is 13.9. The van der Waals surface area contributed by atoms with Crippen LogP contribution in [0.3, 0.4) is 0 Å². The Bertz CT molecular complexity index is 1630. The number of aromatic hydroxyl groups is 1. The molecule has 10 heteroatoms. The van der Waals surface area contributed by atoms with Crippen molar-refractivity contribution in [3.63, 3.8) is 0 Å². The Kier molecular flexibility index (Phi) is 7.67. The van der Waals surface area contributed by atoms with E-state index in [1.165, 1.54) is 22.6 Å². The molecule has 0 spiro atoms. The minimum absolute atomic E-state index is 0.0366. The lowest BCUT2D eigenvalue weighted by molar-refractivity contribution is -0.0154. The molecule has 0 aliphatic carbocycles. The molecule has 2 aromatic carbocycles. The Morgan fingerprint density at radius 1 is 1.07 bits per heavy atom. The summed E-state index contributed by atoms with van der Waals surface area (Å²) in [7, 11) is 0. The van der Waals surface area contributed by atoms with Crippen LogP contribution in [0.15, 0.2) is 108 Å². The number of rotatable bonds is 7. The highest BCUT2D eigenvalue weighted by molar-refractivity contribution is 5.99. The lowest BCUT2D eigenvalue weighted by atomic mass is 9.94. The average molecular weight is 560 g/mol. The molecule has 5 rings (SSSR count). The summed E-state index contributed by atoms with van der Waals surface area (Å²) < 4.78 is 34.6. The van der Waals surface area contributed by atoms with E-state index in [0.717, 1.165) is 23.3 Å². The van der Waals surface area contributed by atoms with Crippen LogP contribution in [0.2, 0.25) is 0 Å². The second-order valence-electron chi connectivity index (χ2n) is 9.74. The van der Waals surface area contributed by atoms with Gasteiger partial charge in [0.25, 0.3) is 11.8 Å². The van der Waals surface area contributed by atoms with Crippen molar-refractivity contribution in [1.29, 1.82) is 0 Å². The molecule has 2 N–H and O–H groups in total. The molecule has 0 unspecified atom stereocenters. The number of hydrogen-bond donors (Lipinski definition) is 2. The normalized spacial score (nSPS) is 20.4. The largest absolute Gasteiger partial charge is 0.503 e. The Morgan fingerprint density at radius 3 is 2.32 bits per heavy atom. The summed E-state index contributed by atoms with van der Waals surface area (Å²) in [5.41, 5.74) is -0.211. The van der Waals surface area contributed by atoms with Crippen molar-refractivity contribution in [1.82, 2.24) is 14.8 Å². The van der Waals surface area contributed by atoms with Gasteiger partial charge in [0.1, 0.15) is 17.5 Å². The summed E-state index contributed by atoms with van der Waals surface area (Å²) in [6.45, 7) is 3.98. The van der Waals surface area contributed by atoms with Gasteiger partial charge in [-0.05, 0) is 24.1 Å². The van der Waals surface area contributed by atoms with Gasteiger partial charge < -0.3 is 19.7 Å². The molecule has 2 amide bonds. The maximum atomic E-state index is 13.9. The minimum atomic E-state index is -1.05. The number of aromatic nitrogens is 1. The van der Waals surface area contributed by atoms with Crippen LogP contribution >= 0.6 is 0 Å². The van der Waals surface area contributed by atoms with E-state index in [1.54, 1.807) is 0 Å². The van der Waals surface area contributed by atoms with E-state index in [9.17, 15) is 28.3 Å². The Hall–Kier alpha value is -4.83. The zero-order valence-electron chi connectivity index (χ0n) is 22.1. The van der Waals surface area contributed by atoms with E-state index in [0.29, 0.717) is 0 Å².